The molecule has 2 N–H and O–H groups in total. The molecule has 4 heteroatoms. The Morgan fingerprint density at radius 3 is 2.60 bits per heavy atom. The highest BCUT2D eigenvalue weighted by Crippen LogP contribution is 2.48. The first-order valence-corrected chi connectivity index (χ1v) is 8.58. The molecule has 0 atom stereocenters. The fourth-order valence-corrected chi connectivity index (χ4v) is 3.61. The van der Waals surface area contributed by atoms with Crippen LogP contribution in [0, 0.1) is 0 Å². The van der Waals surface area contributed by atoms with Crippen molar-refractivity contribution in [1.82, 2.24) is 0 Å². The van der Waals surface area contributed by atoms with Crippen LogP contribution in [-0.4, -0.2) is 13.0 Å². The first-order valence-electron chi connectivity index (χ1n) is 8.20. The maximum atomic E-state index is 11.6. The lowest BCUT2D eigenvalue weighted by Crippen LogP contribution is -2.11. The second-order valence-electron chi connectivity index (χ2n) is 5.95. The number of benzene rings is 2. The highest BCUT2D eigenvalue weighted by molar-refractivity contribution is 6.30. The number of carbonyl (C=O) groups is 1. The van der Waals surface area contributed by atoms with Crippen molar-refractivity contribution in [3.63, 3.8) is 0 Å². The van der Waals surface area contributed by atoms with Crippen molar-refractivity contribution in [3.05, 3.63) is 69.8 Å². The van der Waals surface area contributed by atoms with Gasteiger partial charge < -0.3 is 10.5 Å². The molecule has 0 unspecified atom stereocenters. The monoisotopic (exact) mass is 353 g/mol. The summed E-state index contributed by atoms with van der Waals surface area (Å²) in [4.78, 5) is 11.6. The van der Waals surface area contributed by atoms with Gasteiger partial charge in [-0.15, -0.1) is 0 Å². The molecular formula is C21H20ClNO2. The number of allylic oxidation sites excluding steroid dienone is 2. The van der Waals surface area contributed by atoms with Gasteiger partial charge in [-0.2, -0.15) is 0 Å². The number of primary amides is 1. The van der Waals surface area contributed by atoms with Crippen LogP contribution in [0.3, 0.4) is 0 Å². The average molecular weight is 354 g/mol. The van der Waals surface area contributed by atoms with Crippen LogP contribution >= 0.6 is 11.6 Å². The van der Waals surface area contributed by atoms with Crippen LogP contribution in [-0.2, 0) is 4.79 Å². The molecule has 0 bridgehead atoms. The van der Waals surface area contributed by atoms with Crippen LogP contribution in [0.1, 0.15) is 36.5 Å². The van der Waals surface area contributed by atoms with Crippen molar-refractivity contribution in [2.24, 2.45) is 5.73 Å². The number of amides is 1. The molecular weight excluding hydrogens is 334 g/mol. The molecule has 0 aliphatic heterocycles. The van der Waals surface area contributed by atoms with E-state index in [9.17, 15) is 4.79 Å². The lowest BCUT2D eigenvalue weighted by molar-refractivity contribution is -0.117. The third-order valence-corrected chi connectivity index (χ3v) is 4.63. The summed E-state index contributed by atoms with van der Waals surface area (Å²) in [6, 6.07) is 13.6. The molecule has 3 nitrogen and oxygen atoms in total. The van der Waals surface area contributed by atoms with Crippen molar-refractivity contribution in [1.29, 1.82) is 0 Å². The summed E-state index contributed by atoms with van der Waals surface area (Å²) in [5.41, 5.74) is 11.7. The Kier molecular flexibility index (Phi) is 4.95. The molecule has 1 amide bonds. The maximum absolute atomic E-state index is 11.6. The van der Waals surface area contributed by atoms with Gasteiger partial charge in [-0.3, -0.25) is 4.79 Å². The normalized spacial score (nSPS) is 14.8. The van der Waals surface area contributed by atoms with E-state index in [1.807, 2.05) is 36.4 Å². The standard InChI is InChI=1S/C21H20ClNO2/c1-3-15-17(11-13-6-4-7-14(22)10-13)16-8-5-9-19(25-2)21(16)18(15)12-20(23)24/h4-11H,3,12H2,1-2H3,(H2,23,24)/b17-11-. The molecule has 25 heavy (non-hydrogen) atoms. The summed E-state index contributed by atoms with van der Waals surface area (Å²) in [5, 5.41) is 0.692. The topological polar surface area (TPSA) is 52.3 Å². The first kappa shape index (κ1) is 17.3. The summed E-state index contributed by atoms with van der Waals surface area (Å²) in [7, 11) is 1.64. The van der Waals surface area contributed by atoms with E-state index in [0.29, 0.717) is 5.02 Å². The highest BCUT2D eigenvalue weighted by Gasteiger charge is 2.28. The number of hydrogen-bond acceptors (Lipinski definition) is 2. The zero-order valence-corrected chi connectivity index (χ0v) is 15.1. The minimum Gasteiger partial charge on any atom is -0.496 e. The Morgan fingerprint density at radius 2 is 1.96 bits per heavy atom. The van der Waals surface area contributed by atoms with E-state index in [0.717, 1.165) is 45.6 Å². The summed E-state index contributed by atoms with van der Waals surface area (Å²) >= 11 is 6.12. The number of fused-ring (bicyclic) bond motifs is 1. The maximum Gasteiger partial charge on any atom is 0.221 e. The van der Waals surface area contributed by atoms with Gasteiger partial charge in [-0.05, 0) is 58.5 Å². The quantitative estimate of drug-likeness (QED) is 0.827. The van der Waals surface area contributed by atoms with Crippen LogP contribution in [0.15, 0.2) is 48.0 Å². The molecule has 0 aromatic heterocycles. The van der Waals surface area contributed by atoms with Gasteiger partial charge in [0.25, 0.3) is 0 Å². The van der Waals surface area contributed by atoms with E-state index in [1.165, 1.54) is 0 Å². The molecule has 0 spiro atoms. The SMILES string of the molecule is CCC1=C(CC(N)=O)c2c(OC)cccc2/C1=C\c1cccc(Cl)c1. The molecule has 1 aliphatic carbocycles. The Labute approximate surface area is 152 Å². The third-order valence-electron chi connectivity index (χ3n) is 4.39. The van der Waals surface area contributed by atoms with E-state index < -0.39 is 0 Å². The number of ether oxygens (including phenoxy) is 1. The van der Waals surface area contributed by atoms with Gasteiger partial charge in [0.2, 0.25) is 5.91 Å². The predicted molar refractivity (Wildman–Crippen MR) is 103 cm³/mol. The van der Waals surface area contributed by atoms with Gasteiger partial charge >= 0.3 is 0 Å². The molecule has 2 aromatic carbocycles. The van der Waals surface area contributed by atoms with Gasteiger partial charge in [-0.1, -0.05) is 42.8 Å². The zero-order chi connectivity index (χ0) is 18.0. The molecule has 2 aromatic rings. The number of nitrogens with two attached hydrogens (primary N) is 1. The summed E-state index contributed by atoms with van der Waals surface area (Å²) in [6.07, 6.45) is 3.10. The Balaban J connectivity index is 2.25. The van der Waals surface area contributed by atoms with Gasteiger partial charge in [0, 0.05) is 10.6 Å². The Hall–Kier alpha value is -2.52. The molecule has 3 rings (SSSR count). The molecule has 0 heterocycles. The summed E-state index contributed by atoms with van der Waals surface area (Å²) in [5.74, 6) is 0.413. The van der Waals surface area contributed by atoms with Crippen molar-refractivity contribution in [2.75, 3.05) is 7.11 Å². The molecule has 0 fully saturated rings. The van der Waals surface area contributed by atoms with Gasteiger partial charge in [-0.25, -0.2) is 0 Å². The molecule has 0 saturated heterocycles. The lowest BCUT2D eigenvalue weighted by atomic mass is 9.98. The van der Waals surface area contributed by atoms with Crippen molar-refractivity contribution in [2.45, 2.75) is 19.8 Å². The van der Waals surface area contributed by atoms with Crippen LogP contribution in [0.25, 0.3) is 17.2 Å². The first-order chi connectivity index (χ1) is 12.0. The molecule has 128 valence electrons. The fourth-order valence-electron chi connectivity index (χ4n) is 3.41. The van der Waals surface area contributed by atoms with Crippen LogP contribution in [0.4, 0.5) is 0 Å². The molecule has 0 radical (unpaired) electrons. The molecule has 0 saturated carbocycles. The van der Waals surface area contributed by atoms with E-state index >= 15 is 0 Å². The zero-order valence-electron chi connectivity index (χ0n) is 14.3. The number of carbonyl (C=O) groups excluding carboxylic acids is 1. The predicted octanol–water partition coefficient (Wildman–Crippen LogP) is 4.94. The number of halogens is 1. The number of methoxy groups -OCH3 is 1. The number of rotatable bonds is 5. The Morgan fingerprint density at radius 1 is 1.20 bits per heavy atom. The second kappa shape index (κ2) is 7.16. The fraction of sp³-hybridized carbons (Fsp3) is 0.190. The largest absolute Gasteiger partial charge is 0.496 e. The van der Waals surface area contributed by atoms with Crippen LogP contribution in [0.2, 0.25) is 5.02 Å². The van der Waals surface area contributed by atoms with Crippen molar-refractivity contribution >= 4 is 34.7 Å². The summed E-state index contributed by atoms with van der Waals surface area (Å²) < 4.78 is 5.54. The van der Waals surface area contributed by atoms with Crippen LogP contribution < -0.4 is 10.5 Å². The van der Waals surface area contributed by atoms with E-state index in [1.54, 1.807) is 7.11 Å². The highest BCUT2D eigenvalue weighted by atomic mass is 35.5. The molecule has 1 aliphatic rings. The second-order valence-corrected chi connectivity index (χ2v) is 6.39. The van der Waals surface area contributed by atoms with Gasteiger partial charge in [0.15, 0.2) is 0 Å². The minimum atomic E-state index is -0.346. The summed E-state index contributed by atoms with van der Waals surface area (Å²) in [6.45, 7) is 2.08. The average Bonchev–Trinajstić information content (AvgIpc) is 2.87. The smallest absolute Gasteiger partial charge is 0.221 e. The minimum absolute atomic E-state index is 0.198. The van der Waals surface area contributed by atoms with E-state index in [4.69, 9.17) is 22.1 Å². The Bertz CT molecular complexity index is 897. The van der Waals surface area contributed by atoms with E-state index in [2.05, 4.69) is 19.1 Å². The van der Waals surface area contributed by atoms with Gasteiger partial charge in [0.1, 0.15) is 5.75 Å². The van der Waals surface area contributed by atoms with E-state index in [-0.39, 0.29) is 12.3 Å². The number of hydrogen-bond donors (Lipinski definition) is 1. The van der Waals surface area contributed by atoms with Gasteiger partial charge in [0.05, 0.1) is 13.5 Å². The third kappa shape index (κ3) is 3.33. The lowest BCUT2D eigenvalue weighted by Gasteiger charge is -2.10. The van der Waals surface area contributed by atoms with Crippen molar-refractivity contribution in [3.8, 4) is 5.75 Å². The van der Waals surface area contributed by atoms with Crippen LogP contribution in [0.5, 0.6) is 5.75 Å². The van der Waals surface area contributed by atoms with Crippen molar-refractivity contribution < 1.29 is 9.53 Å².